The first kappa shape index (κ1) is 23.5. The van der Waals surface area contributed by atoms with Crippen LogP contribution in [0.4, 0.5) is 17.6 Å². The SMILES string of the molecule is CC(C)OC(=O)[C@H](C)N[P@](=O)(Oc1ccccc1)Oc1c(O)c(F)c(F)c(F)c1F. The molecule has 0 aliphatic heterocycles. The van der Waals surface area contributed by atoms with Gasteiger partial charge in [-0.15, -0.1) is 0 Å². The van der Waals surface area contributed by atoms with Crippen molar-refractivity contribution in [2.24, 2.45) is 0 Å². The molecule has 164 valence electrons. The topological polar surface area (TPSA) is 94.1 Å². The first-order valence-corrected chi connectivity index (χ1v) is 10.1. The van der Waals surface area contributed by atoms with E-state index in [1.807, 2.05) is 0 Å². The number of para-hydroxylation sites is 1. The lowest BCUT2D eigenvalue weighted by atomic mass is 10.2. The van der Waals surface area contributed by atoms with Gasteiger partial charge in [0, 0.05) is 0 Å². The quantitative estimate of drug-likeness (QED) is 0.201. The summed E-state index contributed by atoms with van der Waals surface area (Å²) in [6.45, 7) is 4.31. The minimum absolute atomic E-state index is 0.0966. The third-order valence-electron chi connectivity index (χ3n) is 3.44. The van der Waals surface area contributed by atoms with E-state index in [1.165, 1.54) is 31.2 Å². The summed E-state index contributed by atoms with van der Waals surface area (Å²) in [6, 6.07) is 5.82. The van der Waals surface area contributed by atoms with Crippen molar-refractivity contribution in [3.8, 4) is 17.2 Å². The van der Waals surface area contributed by atoms with Gasteiger partial charge in [-0.1, -0.05) is 18.2 Å². The van der Waals surface area contributed by atoms with Crippen LogP contribution in [0.5, 0.6) is 17.2 Å². The van der Waals surface area contributed by atoms with Gasteiger partial charge in [-0.25, -0.2) is 13.3 Å². The predicted octanol–water partition coefficient (Wildman–Crippen LogP) is 4.44. The van der Waals surface area contributed by atoms with E-state index in [-0.39, 0.29) is 5.75 Å². The van der Waals surface area contributed by atoms with Gasteiger partial charge in [0.15, 0.2) is 0 Å². The molecule has 2 N–H and O–H groups in total. The molecule has 12 heteroatoms. The van der Waals surface area contributed by atoms with Crippen molar-refractivity contribution in [3.05, 3.63) is 53.6 Å². The van der Waals surface area contributed by atoms with Crippen molar-refractivity contribution >= 4 is 13.7 Å². The summed E-state index contributed by atoms with van der Waals surface area (Å²) in [4.78, 5) is 12.0. The van der Waals surface area contributed by atoms with Gasteiger partial charge in [0.25, 0.3) is 0 Å². The highest BCUT2D eigenvalue weighted by Gasteiger charge is 2.38. The van der Waals surface area contributed by atoms with Gasteiger partial charge < -0.3 is 18.9 Å². The Morgan fingerprint density at radius 1 is 0.967 bits per heavy atom. The molecule has 0 amide bonds. The Labute approximate surface area is 169 Å². The Morgan fingerprint density at radius 2 is 1.53 bits per heavy atom. The molecule has 0 aliphatic rings. The molecule has 0 fully saturated rings. The first-order valence-electron chi connectivity index (χ1n) is 8.52. The molecular formula is C18H18F4NO6P. The average Bonchev–Trinajstić information content (AvgIpc) is 2.68. The lowest BCUT2D eigenvalue weighted by molar-refractivity contribution is -0.149. The second kappa shape index (κ2) is 9.36. The maximum absolute atomic E-state index is 14.1. The Hall–Kier alpha value is -2.78. The number of phenols is 1. The van der Waals surface area contributed by atoms with Gasteiger partial charge in [-0.3, -0.25) is 4.79 Å². The summed E-state index contributed by atoms with van der Waals surface area (Å²) >= 11 is 0. The van der Waals surface area contributed by atoms with Crippen molar-refractivity contribution < 1.29 is 45.8 Å². The molecule has 0 bridgehead atoms. The van der Waals surface area contributed by atoms with E-state index in [2.05, 4.69) is 5.09 Å². The third-order valence-corrected chi connectivity index (χ3v) is 5.02. The number of hydrogen-bond acceptors (Lipinski definition) is 6. The van der Waals surface area contributed by atoms with E-state index in [9.17, 15) is 32.0 Å². The van der Waals surface area contributed by atoms with Gasteiger partial charge in [0.2, 0.25) is 34.8 Å². The number of benzene rings is 2. The van der Waals surface area contributed by atoms with Crippen LogP contribution in [0.3, 0.4) is 0 Å². The van der Waals surface area contributed by atoms with Gasteiger partial charge in [0.05, 0.1) is 6.10 Å². The van der Waals surface area contributed by atoms with E-state index in [0.717, 1.165) is 0 Å². The summed E-state index contributed by atoms with van der Waals surface area (Å²) in [5.41, 5.74) is 0. The molecule has 0 aliphatic carbocycles. The van der Waals surface area contributed by atoms with Crippen molar-refractivity contribution in [1.29, 1.82) is 0 Å². The summed E-state index contributed by atoms with van der Waals surface area (Å²) < 4.78 is 82.6. The van der Waals surface area contributed by atoms with Crippen LogP contribution in [0.15, 0.2) is 30.3 Å². The zero-order valence-corrected chi connectivity index (χ0v) is 16.9. The number of carbonyl (C=O) groups excluding carboxylic acids is 1. The normalized spacial score (nSPS) is 14.1. The fraction of sp³-hybridized carbons (Fsp3) is 0.278. The van der Waals surface area contributed by atoms with Gasteiger partial charge in [-0.05, 0) is 32.9 Å². The molecule has 0 spiro atoms. The van der Waals surface area contributed by atoms with Crippen molar-refractivity contribution in [1.82, 2.24) is 5.09 Å². The average molecular weight is 451 g/mol. The minimum Gasteiger partial charge on any atom is -0.502 e. The molecule has 0 radical (unpaired) electrons. The predicted molar refractivity (Wildman–Crippen MR) is 97.1 cm³/mol. The van der Waals surface area contributed by atoms with Gasteiger partial charge in [-0.2, -0.15) is 13.9 Å². The number of carbonyl (C=O) groups is 1. The maximum atomic E-state index is 14.1. The lowest BCUT2D eigenvalue weighted by Gasteiger charge is -2.24. The molecule has 7 nitrogen and oxygen atoms in total. The number of esters is 1. The Balaban J connectivity index is 2.45. The second-order valence-electron chi connectivity index (χ2n) is 6.26. The zero-order chi connectivity index (χ0) is 22.6. The molecule has 0 saturated carbocycles. The van der Waals surface area contributed by atoms with Crippen molar-refractivity contribution in [2.45, 2.75) is 32.9 Å². The third kappa shape index (κ3) is 5.43. The van der Waals surface area contributed by atoms with Crippen LogP contribution in [-0.2, 0) is 14.1 Å². The molecule has 2 aromatic rings. The van der Waals surface area contributed by atoms with E-state index in [1.54, 1.807) is 19.9 Å². The molecule has 0 unspecified atom stereocenters. The van der Waals surface area contributed by atoms with E-state index in [4.69, 9.17) is 13.8 Å². The van der Waals surface area contributed by atoms with Crippen LogP contribution in [-0.4, -0.2) is 23.2 Å². The number of nitrogens with one attached hydrogen (secondary N) is 1. The van der Waals surface area contributed by atoms with Crippen LogP contribution < -0.4 is 14.1 Å². The molecular weight excluding hydrogens is 433 g/mol. The van der Waals surface area contributed by atoms with E-state index >= 15 is 0 Å². The molecule has 2 aromatic carbocycles. The number of aromatic hydroxyl groups is 1. The monoisotopic (exact) mass is 451 g/mol. The molecule has 30 heavy (non-hydrogen) atoms. The highest BCUT2D eigenvalue weighted by molar-refractivity contribution is 7.52. The van der Waals surface area contributed by atoms with Crippen molar-refractivity contribution in [3.63, 3.8) is 0 Å². The maximum Gasteiger partial charge on any atom is 0.513 e. The largest absolute Gasteiger partial charge is 0.513 e. The van der Waals surface area contributed by atoms with Crippen LogP contribution in [0.1, 0.15) is 20.8 Å². The smallest absolute Gasteiger partial charge is 0.502 e. The molecule has 0 heterocycles. The zero-order valence-electron chi connectivity index (χ0n) is 16.0. The van der Waals surface area contributed by atoms with E-state index < -0.39 is 60.6 Å². The second-order valence-corrected chi connectivity index (χ2v) is 7.88. The molecule has 2 atom stereocenters. The number of rotatable bonds is 8. The van der Waals surface area contributed by atoms with Crippen LogP contribution in [0.25, 0.3) is 0 Å². The van der Waals surface area contributed by atoms with Crippen LogP contribution in [0.2, 0.25) is 0 Å². The van der Waals surface area contributed by atoms with Crippen LogP contribution in [0, 0.1) is 23.3 Å². The summed E-state index contributed by atoms with van der Waals surface area (Å²) in [5, 5.41) is 11.8. The molecule has 0 saturated heterocycles. The highest BCUT2D eigenvalue weighted by atomic mass is 31.2. The standard InChI is InChI=1S/C18H18F4NO6P/c1-9(2)27-18(25)10(3)23-30(26,28-11-7-5-4-6-8-11)29-17-15(22)13(20)12(19)14(21)16(17)24/h4-10,24H,1-3H3,(H,23,26)/t10-,30-/m0/s1. The summed E-state index contributed by atoms with van der Waals surface area (Å²) in [7, 11) is -4.83. The summed E-state index contributed by atoms with van der Waals surface area (Å²) in [6.07, 6.45) is -0.529. The highest BCUT2D eigenvalue weighted by Crippen LogP contribution is 2.49. The summed E-state index contributed by atoms with van der Waals surface area (Å²) in [5.74, 6) is -13.3. The molecule has 2 rings (SSSR count). The Bertz CT molecular complexity index is 944. The number of hydrogen-bond donors (Lipinski definition) is 2. The van der Waals surface area contributed by atoms with Crippen LogP contribution >= 0.6 is 7.75 Å². The Kier molecular flexibility index (Phi) is 7.33. The Morgan fingerprint density at radius 3 is 2.10 bits per heavy atom. The van der Waals surface area contributed by atoms with E-state index in [0.29, 0.717) is 0 Å². The number of ether oxygens (including phenoxy) is 1. The van der Waals surface area contributed by atoms with Gasteiger partial charge in [0.1, 0.15) is 11.8 Å². The number of phenolic OH excluding ortho intramolecular Hbond substituents is 1. The lowest BCUT2D eigenvalue weighted by Crippen LogP contribution is -2.37. The minimum atomic E-state index is -4.83. The number of halogens is 4. The first-order chi connectivity index (χ1) is 13.9. The fourth-order valence-electron chi connectivity index (χ4n) is 2.12. The fourth-order valence-corrected chi connectivity index (χ4v) is 3.65. The van der Waals surface area contributed by atoms with Crippen molar-refractivity contribution in [2.75, 3.05) is 0 Å². The molecule has 0 aromatic heterocycles. The van der Waals surface area contributed by atoms with Gasteiger partial charge >= 0.3 is 13.7 Å².